The van der Waals surface area contributed by atoms with Gasteiger partial charge in [-0.15, -0.1) is 13.2 Å². The SMILES string of the molecule is O=C(O)c1cnc(N2C[C@@H](Oc3ccc(C(F)(F)F)cc3)C[C@H]2COC(F)(F)F)s1. The van der Waals surface area contributed by atoms with E-state index in [1.807, 2.05) is 0 Å². The van der Waals surface area contributed by atoms with Crippen LogP contribution in [0, 0.1) is 0 Å². The molecule has 1 aliphatic rings. The van der Waals surface area contributed by atoms with Gasteiger partial charge in [-0.2, -0.15) is 13.2 Å². The van der Waals surface area contributed by atoms with E-state index < -0.39 is 42.8 Å². The second-order valence-corrected chi connectivity index (χ2v) is 7.38. The molecule has 6 nitrogen and oxygen atoms in total. The zero-order chi connectivity index (χ0) is 22.1. The van der Waals surface area contributed by atoms with Crippen molar-refractivity contribution in [3.63, 3.8) is 0 Å². The van der Waals surface area contributed by atoms with Gasteiger partial charge in [-0.05, 0) is 24.3 Å². The molecule has 1 N–H and O–H groups in total. The van der Waals surface area contributed by atoms with E-state index in [9.17, 15) is 31.1 Å². The van der Waals surface area contributed by atoms with Crippen LogP contribution >= 0.6 is 11.3 Å². The van der Waals surface area contributed by atoms with Crippen molar-refractivity contribution in [1.82, 2.24) is 4.98 Å². The molecule has 0 radical (unpaired) electrons. The molecule has 1 aromatic carbocycles. The molecule has 0 spiro atoms. The third-order valence-electron chi connectivity index (χ3n) is 4.25. The number of alkyl halides is 6. The summed E-state index contributed by atoms with van der Waals surface area (Å²) in [6.45, 7) is -0.683. The van der Waals surface area contributed by atoms with Gasteiger partial charge in [0.25, 0.3) is 0 Å². The summed E-state index contributed by atoms with van der Waals surface area (Å²) in [5.74, 6) is -1.10. The van der Waals surface area contributed by atoms with Crippen LogP contribution in [0.1, 0.15) is 21.7 Å². The van der Waals surface area contributed by atoms with Crippen molar-refractivity contribution in [2.24, 2.45) is 0 Å². The molecule has 1 aliphatic heterocycles. The first kappa shape index (κ1) is 22.2. The van der Waals surface area contributed by atoms with Crippen LogP contribution in [-0.2, 0) is 10.9 Å². The van der Waals surface area contributed by atoms with E-state index in [2.05, 4.69) is 9.72 Å². The van der Waals surface area contributed by atoms with Crippen molar-refractivity contribution in [1.29, 1.82) is 0 Å². The van der Waals surface area contributed by atoms with Crippen LogP contribution in [-0.4, -0.2) is 47.7 Å². The van der Waals surface area contributed by atoms with Gasteiger partial charge < -0.3 is 14.7 Å². The molecule has 1 saturated heterocycles. The summed E-state index contributed by atoms with van der Waals surface area (Å²) in [6.07, 6.45) is -8.86. The van der Waals surface area contributed by atoms with Crippen LogP contribution in [0.4, 0.5) is 31.5 Å². The van der Waals surface area contributed by atoms with Crippen molar-refractivity contribution in [3.05, 3.63) is 40.9 Å². The zero-order valence-corrected chi connectivity index (χ0v) is 15.7. The van der Waals surface area contributed by atoms with Gasteiger partial charge in [-0.25, -0.2) is 9.78 Å². The Bertz CT molecular complexity index is 884. The Morgan fingerprint density at radius 1 is 1.20 bits per heavy atom. The molecule has 0 unspecified atom stereocenters. The summed E-state index contributed by atoms with van der Waals surface area (Å²) in [5.41, 5.74) is -0.858. The zero-order valence-electron chi connectivity index (χ0n) is 14.9. The lowest BCUT2D eigenvalue weighted by molar-refractivity contribution is -0.325. The second-order valence-electron chi connectivity index (χ2n) is 6.37. The van der Waals surface area contributed by atoms with Gasteiger partial charge in [-0.3, -0.25) is 4.74 Å². The maximum Gasteiger partial charge on any atom is 0.522 e. The molecule has 1 fully saturated rings. The topological polar surface area (TPSA) is 71.9 Å². The number of aromatic nitrogens is 1. The fraction of sp³-hybridized carbons (Fsp3) is 0.412. The van der Waals surface area contributed by atoms with Crippen LogP contribution in [0.25, 0.3) is 0 Å². The predicted molar refractivity (Wildman–Crippen MR) is 92.7 cm³/mol. The van der Waals surface area contributed by atoms with Crippen LogP contribution in [0.2, 0.25) is 0 Å². The Kier molecular flexibility index (Phi) is 6.13. The Balaban J connectivity index is 1.74. The lowest BCUT2D eigenvalue weighted by Crippen LogP contribution is -2.35. The Morgan fingerprint density at radius 3 is 2.40 bits per heavy atom. The molecular formula is C17H14F6N2O4S. The highest BCUT2D eigenvalue weighted by molar-refractivity contribution is 7.17. The largest absolute Gasteiger partial charge is 0.522 e. The molecule has 2 heterocycles. The van der Waals surface area contributed by atoms with Crippen LogP contribution in [0.5, 0.6) is 5.75 Å². The number of rotatable bonds is 6. The minimum absolute atomic E-state index is 0.0550. The number of carboxylic acids is 1. The fourth-order valence-electron chi connectivity index (χ4n) is 2.95. The van der Waals surface area contributed by atoms with Crippen LogP contribution in [0.15, 0.2) is 30.5 Å². The van der Waals surface area contributed by atoms with Gasteiger partial charge in [0.2, 0.25) is 0 Å². The average Bonchev–Trinajstić information content (AvgIpc) is 3.26. The molecule has 0 aliphatic carbocycles. The van der Waals surface area contributed by atoms with Gasteiger partial charge in [0.05, 0.1) is 31.0 Å². The van der Waals surface area contributed by atoms with E-state index >= 15 is 0 Å². The van der Waals surface area contributed by atoms with Crippen molar-refractivity contribution in [2.75, 3.05) is 18.1 Å². The van der Waals surface area contributed by atoms with Crippen molar-refractivity contribution >= 4 is 22.4 Å². The third kappa shape index (κ3) is 5.53. The Hall–Kier alpha value is -2.54. The number of ether oxygens (including phenoxy) is 2. The summed E-state index contributed by atoms with van der Waals surface area (Å²) >= 11 is 0.786. The number of benzene rings is 1. The maximum atomic E-state index is 12.7. The van der Waals surface area contributed by atoms with Crippen molar-refractivity contribution in [2.45, 2.75) is 31.1 Å². The third-order valence-corrected chi connectivity index (χ3v) is 5.27. The van der Waals surface area contributed by atoms with Crippen LogP contribution < -0.4 is 9.64 Å². The molecule has 164 valence electrons. The average molecular weight is 456 g/mol. The van der Waals surface area contributed by atoms with Crippen molar-refractivity contribution < 1.29 is 45.7 Å². The van der Waals surface area contributed by atoms with Gasteiger partial charge in [-0.1, -0.05) is 11.3 Å². The highest BCUT2D eigenvalue weighted by Crippen LogP contribution is 2.34. The lowest BCUT2D eigenvalue weighted by atomic mass is 10.2. The number of halogens is 6. The van der Waals surface area contributed by atoms with E-state index in [1.165, 1.54) is 4.90 Å². The number of hydrogen-bond donors (Lipinski definition) is 1. The molecule has 3 rings (SSSR count). The Morgan fingerprint density at radius 2 is 1.87 bits per heavy atom. The number of aromatic carboxylic acids is 1. The first-order valence-corrected chi connectivity index (χ1v) is 9.24. The number of hydrogen-bond acceptors (Lipinski definition) is 6. The van der Waals surface area contributed by atoms with E-state index in [1.54, 1.807) is 0 Å². The number of nitrogens with zero attached hydrogens (tertiary/aromatic N) is 2. The van der Waals surface area contributed by atoms with Gasteiger partial charge in [0.1, 0.15) is 16.7 Å². The van der Waals surface area contributed by atoms with Gasteiger partial charge in [0, 0.05) is 6.42 Å². The first-order chi connectivity index (χ1) is 13.9. The van der Waals surface area contributed by atoms with E-state index in [0.717, 1.165) is 41.8 Å². The molecular weight excluding hydrogens is 442 g/mol. The molecule has 2 aromatic rings. The quantitative estimate of drug-likeness (QED) is 0.649. The number of carbonyl (C=O) groups is 1. The van der Waals surface area contributed by atoms with Gasteiger partial charge >= 0.3 is 18.5 Å². The smallest absolute Gasteiger partial charge is 0.489 e. The van der Waals surface area contributed by atoms with Crippen LogP contribution in [0.3, 0.4) is 0 Å². The monoisotopic (exact) mass is 456 g/mol. The maximum absolute atomic E-state index is 12.7. The summed E-state index contributed by atoms with van der Waals surface area (Å²) < 4.78 is 84.9. The standard InChI is InChI=1S/C17H14F6N2O4S/c18-16(19,20)9-1-3-11(4-2-9)29-12-5-10(8-28-17(21,22)23)25(7-12)15-24-6-13(30-15)14(26)27/h1-4,6,10,12H,5,7-8H2,(H,26,27)/t10-,12-/m0/s1. The fourth-order valence-corrected chi connectivity index (χ4v) is 3.79. The Labute approximate surface area is 169 Å². The number of carboxylic acid groups (broad SMARTS) is 1. The van der Waals surface area contributed by atoms with E-state index in [-0.39, 0.29) is 28.7 Å². The molecule has 30 heavy (non-hydrogen) atoms. The summed E-state index contributed by atoms with van der Waals surface area (Å²) in [7, 11) is 0. The summed E-state index contributed by atoms with van der Waals surface area (Å²) in [5, 5.41) is 9.20. The minimum atomic E-state index is -4.85. The highest BCUT2D eigenvalue weighted by Gasteiger charge is 2.39. The van der Waals surface area contributed by atoms with Crippen molar-refractivity contribution in [3.8, 4) is 5.75 Å². The predicted octanol–water partition coefficient (Wildman–Crippen LogP) is 4.42. The number of thiazole rings is 1. The second kappa shape index (κ2) is 8.30. The molecule has 0 bridgehead atoms. The summed E-state index contributed by atoms with van der Waals surface area (Å²) in [4.78, 5) is 16.3. The highest BCUT2D eigenvalue weighted by atomic mass is 32.1. The summed E-state index contributed by atoms with van der Waals surface area (Å²) in [6, 6.07) is 3.11. The molecule has 1 aromatic heterocycles. The first-order valence-electron chi connectivity index (χ1n) is 8.43. The molecule has 0 saturated carbocycles. The minimum Gasteiger partial charge on any atom is -0.489 e. The lowest BCUT2D eigenvalue weighted by Gasteiger charge is -2.23. The van der Waals surface area contributed by atoms with E-state index in [4.69, 9.17) is 9.84 Å². The molecule has 13 heteroatoms. The normalized spacial score (nSPS) is 19.9. The molecule has 2 atom stereocenters. The molecule has 0 amide bonds. The number of anilines is 1. The van der Waals surface area contributed by atoms with Gasteiger partial charge in [0.15, 0.2) is 5.13 Å². The van der Waals surface area contributed by atoms with E-state index in [0.29, 0.717) is 0 Å².